The van der Waals surface area contributed by atoms with Crippen molar-refractivity contribution in [2.45, 2.75) is 6.42 Å². The molecular formula is C11H12F2N2O2S. The van der Waals surface area contributed by atoms with Gasteiger partial charge in [0.2, 0.25) is 0 Å². The monoisotopic (exact) mass is 274 g/mol. The first-order chi connectivity index (χ1) is 8.58. The SMILES string of the molecule is O=[N+]([O-])c1cc(F)c(NCC2CCSC2)c(F)c1. The summed E-state index contributed by atoms with van der Waals surface area (Å²) in [4.78, 5) is 9.62. The lowest BCUT2D eigenvalue weighted by atomic mass is 10.1. The molecule has 1 saturated heterocycles. The van der Waals surface area contributed by atoms with E-state index < -0.39 is 22.2 Å². The van der Waals surface area contributed by atoms with Crippen molar-refractivity contribution >= 4 is 23.1 Å². The fraction of sp³-hybridized carbons (Fsp3) is 0.455. The number of hydrogen-bond acceptors (Lipinski definition) is 4. The van der Waals surface area contributed by atoms with Crippen molar-refractivity contribution in [3.8, 4) is 0 Å². The Morgan fingerprint density at radius 1 is 1.44 bits per heavy atom. The van der Waals surface area contributed by atoms with E-state index in [4.69, 9.17) is 0 Å². The van der Waals surface area contributed by atoms with Gasteiger partial charge in [0, 0.05) is 6.54 Å². The predicted octanol–water partition coefficient (Wildman–Crippen LogP) is 3.04. The van der Waals surface area contributed by atoms with Crippen LogP contribution in [0.15, 0.2) is 12.1 Å². The molecule has 1 fully saturated rings. The molecule has 0 aromatic heterocycles. The van der Waals surface area contributed by atoms with E-state index in [-0.39, 0.29) is 5.69 Å². The zero-order valence-electron chi connectivity index (χ0n) is 9.49. The first-order valence-electron chi connectivity index (χ1n) is 5.53. The second kappa shape index (κ2) is 5.51. The van der Waals surface area contributed by atoms with Crippen LogP contribution in [0.4, 0.5) is 20.2 Å². The number of halogens is 2. The lowest BCUT2D eigenvalue weighted by Gasteiger charge is -2.12. The van der Waals surface area contributed by atoms with Gasteiger partial charge in [-0.15, -0.1) is 0 Å². The lowest BCUT2D eigenvalue weighted by Crippen LogP contribution is -2.15. The minimum atomic E-state index is -0.924. The van der Waals surface area contributed by atoms with Gasteiger partial charge in [0.15, 0.2) is 11.6 Å². The Balaban J connectivity index is 2.10. The summed E-state index contributed by atoms with van der Waals surface area (Å²) in [5.74, 6) is 0.588. The summed E-state index contributed by atoms with van der Waals surface area (Å²) in [6, 6.07) is 1.46. The van der Waals surface area contributed by atoms with Crippen LogP contribution in [0.1, 0.15) is 6.42 Å². The number of nitrogens with zero attached hydrogens (tertiary/aromatic N) is 1. The van der Waals surface area contributed by atoms with Crippen molar-refractivity contribution in [2.24, 2.45) is 5.92 Å². The van der Waals surface area contributed by atoms with E-state index in [1.807, 2.05) is 11.8 Å². The summed E-state index contributed by atoms with van der Waals surface area (Å²) < 4.78 is 27.1. The van der Waals surface area contributed by atoms with Crippen LogP contribution in [0.3, 0.4) is 0 Å². The number of benzene rings is 1. The van der Waals surface area contributed by atoms with Crippen LogP contribution >= 0.6 is 11.8 Å². The molecule has 2 rings (SSSR count). The number of nitro groups is 1. The van der Waals surface area contributed by atoms with Crippen LogP contribution in [0.25, 0.3) is 0 Å². The summed E-state index contributed by atoms with van der Waals surface area (Å²) >= 11 is 1.82. The number of nitro benzene ring substituents is 1. The van der Waals surface area contributed by atoms with Gasteiger partial charge in [-0.25, -0.2) is 8.78 Å². The van der Waals surface area contributed by atoms with Gasteiger partial charge in [-0.3, -0.25) is 10.1 Å². The van der Waals surface area contributed by atoms with Gasteiger partial charge in [-0.05, 0) is 23.8 Å². The Morgan fingerprint density at radius 2 is 2.11 bits per heavy atom. The molecule has 1 atom stereocenters. The molecule has 18 heavy (non-hydrogen) atoms. The zero-order valence-corrected chi connectivity index (χ0v) is 10.3. The smallest absolute Gasteiger partial charge is 0.275 e. The van der Waals surface area contributed by atoms with Gasteiger partial charge in [0.05, 0.1) is 17.1 Å². The maximum atomic E-state index is 13.5. The quantitative estimate of drug-likeness (QED) is 0.677. The second-order valence-electron chi connectivity index (χ2n) is 4.15. The molecule has 1 N–H and O–H groups in total. The molecule has 1 heterocycles. The molecule has 1 aliphatic rings. The largest absolute Gasteiger partial charge is 0.380 e. The third-order valence-electron chi connectivity index (χ3n) is 2.83. The number of thioether (sulfide) groups is 1. The Morgan fingerprint density at radius 3 is 2.61 bits per heavy atom. The first-order valence-corrected chi connectivity index (χ1v) is 6.68. The van der Waals surface area contributed by atoms with Crippen molar-refractivity contribution in [2.75, 3.05) is 23.4 Å². The molecule has 0 bridgehead atoms. The molecule has 1 aromatic rings. The number of rotatable bonds is 4. The molecular weight excluding hydrogens is 262 g/mol. The third-order valence-corrected chi connectivity index (χ3v) is 4.06. The van der Waals surface area contributed by atoms with Crippen molar-refractivity contribution < 1.29 is 13.7 Å². The molecule has 1 aromatic carbocycles. The summed E-state index contributed by atoms with van der Waals surface area (Å²) in [5.41, 5.74) is -0.857. The van der Waals surface area contributed by atoms with Gasteiger partial charge in [0.1, 0.15) is 5.69 Å². The van der Waals surface area contributed by atoms with Gasteiger partial charge in [0.25, 0.3) is 5.69 Å². The van der Waals surface area contributed by atoms with Crippen molar-refractivity contribution in [1.29, 1.82) is 0 Å². The molecule has 1 unspecified atom stereocenters. The molecule has 98 valence electrons. The molecule has 0 spiro atoms. The highest BCUT2D eigenvalue weighted by Gasteiger charge is 2.19. The van der Waals surface area contributed by atoms with Gasteiger partial charge >= 0.3 is 0 Å². The van der Waals surface area contributed by atoms with E-state index in [9.17, 15) is 18.9 Å². The predicted molar refractivity (Wildman–Crippen MR) is 66.9 cm³/mol. The first kappa shape index (κ1) is 13.1. The third kappa shape index (κ3) is 2.90. The van der Waals surface area contributed by atoms with Crippen LogP contribution in [-0.4, -0.2) is 23.0 Å². The van der Waals surface area contributed by atoms with Crippen molar-refractivity contribution in [3.63, 3.8) is 0 Å². The molecule has 0 saturated carbocycles. The minimum absolute atomic E-state index is 0.280. The number of hydrogen-bond donors (Lipinski definition) is 1. The molecule has 0 aliphatic carbocycles. The Kier molecular flexibility index (Phi) is 4.00. The summed E-state index contributed by atoms with van der Waals surface area (Å²) in [7, 11) is 0. The van der Waals surface area contributed by atoms with E-state index in [0.717, 1.165) is 30.1 Å². The normalized spacial score (nSPS) is 18.9. The summed E-state index contributed by atoms with van der Waals surface area (Å²) in [6.07, 6.45) is 1.02. The van der Waals surface area contributed by atoms with E-state index in [1.165, 1.54) is 0 Å². The molecule has 0 amide bonds. The van der Waals surface area contributed by atoms with E-state index in [0.29, 0.717) is 12.5 Å². The van der Waals surface area contributed by atoms with Crippen LogP contribution in [0.2, 0.25) is 0 Å². The Labute approximate surface area is 107 Å². The number of nitrogens with one attached hydrogen (secondary N) is 1. The maximum absolute atomic E-state index is 13.5. The molecule has 4 nitrogen and oxygen atoms in total. The number of non-ortho nitro benzene ring substituents is 1. The van der Waals surface area contributed by atoms with Crippen molar-refractivity contribution in [1.82, 2.24) is 0 Å². The van der Waals surface area contributed by atoms with Crippen LogP contribution in [-0.2, 0) is 0 Å². The molecule has 0 radical (unpaired) electrons. The molecule has 1 aliphatic heterocycles. The summed E-state index contributed by atoms with van der Waals surface area (Å²) in [5, 5.41) is 13.1. The van der Waals surface area contributed by atoms with E-state index in [1.54, 1.807) is 0 Å². The summed E-state index contributed by atoms with van der Waals surface area (Å²) in [6.45, 7) is 0.485. The van der Waals surface area contributed by atoms with E-state index in [2.05, 4.69) is 5.32 Å². The number of anilines is 1. The lowest BCUT2D eigenvalue weighted by molar-refractivity contribution is -0.385. The fourth-order valence-electron chi connectivity index (χ4n) is 1.82. The zero-order chi connectivity index (χ0) is 13.1. The van der Waals surface area contributed by atoms with Crippen LogP contribution in [0.5, 0.6) is 0 Å². The highest BCUT2D eigenvalue weighted by Crippen LogP contribution is 2.27. The topological polar surface area (TPSA) is 55.2 Å². The molecule has 7 heteroatoms. The van der Waals surface area contributed by atoms with Gasteiger partial charge in [-0.1, -0.05) is 0 Å². The van der Waals surface area contributed by atoms with Crippen LogP contribution in [0, 0.1) is 27.7 Å². The Hall–Kier alpha value is -1.37. The average molecular weight is 274 g/mol. The standard InChI is InChI=1S/C11H12F2N2O2S/c12-9-3-8(15(16)17)4-10(13)11(9)14-5-7-1-2-18-6-7/h3-4,7,14H,1-2,5-6H2. The van der Waals surface area contributed by atoms with Gasteiger partial charge in [-0.2, -0.15) is 11.8 Å². The van der Waals surface area contributed by atoms with Gasteiger partial charge < -0.3 is 5.32 Å². The second-order valence-corrected chi connectivity index (χ2v) is 5.30. The Bertz CT molecular complexity index is 441. The van der Waals surface area contributed by atoms with E-state index >= 15 is 0 Å². The minimum Gasteiger partial charge on any atom is -0.380 e. The average Bonchev–Trinajstić information content (AvgIpc) is 2.80. The maximum Gasteiger partial charge on any atom is 0.275 e. The van der Waals surface area contributed by atoms with Crippen molar-refractivity contribution in [3.05, 3.63) is 33.9 Å². The highest BCUT2D eigenvalue weighted by molar-refractivity contribution is 7.99. The van der Waals surface area contributed by atoms with Crippen LogP contribution < -0.4 is 5.32 Å². The fourth-order valence-corrected chi connectivity index (χ4v) is 3.11. The highest BCUT2D eigenvalue weighted by atomic mass is 32.2.